The van der Waals surface area contributed by atoms with E-state index in [0.717, 1.165) is 26.2 Å². The van der Waals surface area contributed by atoms with Crippen LogP contribution in [0.1, 0.15) is 20.3 Å². The molecule has 0 spiro atoms. The summed E-state index contributed by atoms with van der Waals surface area (Å²) in [7, 11) is 0. The maximum absolute atomic E-state index is 11.0. The zero-order chi connectivity index (χ0) is 10.1. The van der Waals surface area contributed by atoms with Crippen molar-refractivity contribution in [2.45, 2.75) is 20.3 Å². The number of nitrogens with one attached hydrogen (secondary N) is 1. The van der Waals surface area contributed by atoms with Crippen LogP contribution in [0, 0.1) is 0 Å². The topological polar surface area (TPSA) is 32.3 Å². The van der Waals surface area contributed by atoms with Crippen molar-refractivity contribution in [2.75, 3.05) is 32.1 Å². The molecule has 0 fully saturated rings. The third-order valence-corrected chi connectivity index (χ3v) is 2.16. The van der Waals surface area contributed by atoms with E-state index in [1.807, 2.05) is 0 Å². The molecule has 0 saturated carbocycles. The summed E-state index contributed by atoms with van der Waals surface area (Å²) in [4.78, 5) is 13.3. The Kier molecular flexibility index (Phi) is 8.14. The van der Waals surface area contributed by atoms with Crippen LogP contribution in [0.3, 0.4) is 0 Å². The van der Waals surface area contributed by atoms with Crippen LogP contribution < -0.4 is 5.32 Å². The van der Waals surface area contributed by atoms with Crippen LogP contribution in [0.5, 0.6) is 0 Å². The van der Waals surface area contributed by atoms with Crippen LogP contribution in [0.25, 0.3) is 0 Å². The maximum Gasteiger partial charge on any atom is 0.221 e. The number of carbonyl (C=O) groups is 1. The van der Waals surface area contributed by atoms with E-state index >= 15 is 0 Å². The summed E-state index contributed by atoms with van der Waals surface area (Å²) < 4.78 is 0. The molecule has 0 heterocycles. The van der Waals surface area contributed by atoms with Gasteiger partial charge in [0, 0.05) is 25.4 Å². The minimum absolute atomic E-state index is 0.0437. The van der Waals surface area contributed by atoms with Gasteiger partial charge in [-0.2, -0.15) is 0 Å². The van der Waals surface area contributed by atoms with Gasteiger partial charge in [-0.05, 0) is 13.1 Å². The number of halogens is 1. The molecule has 1 N–H and O–H groups in total. The second-order valence-electron chi connectivity index (χ2n) is 2.82. The molecule has 78 valence electrons. The molecule has 0 aromatic heterocycles. The molecular formula is C9H19ClN2O. The fourth-order valence-corrected chi connectivity index (χ4v) is 1.24. The second-order valence-corrected chi connectivity index (χ2v) is 3.19. The van der Waals surface area contributed by atoms with Gasteiger partial charge in [0.05, 0.1) is 0 Å². The molecule has 13 heavy (non-hydrogen) atoms. The van der Waals surface area contributed by atoms with Crippen LogP contribution in [-0.2, 0) is 4.79 Å². The number of alkyl halides is 1. The molecule has 1 amide bonds. The minimum atomic E-state index is 0.0437. The van der Waals surface area contributed by atoms with E-state index in [1.165, 1.54) is 0 Å². The summed E-state index contributed by atoms with van der Waals surface area (Å²) in [5.41, 5.74) is 0. The van der Waals surface area contributed by atoms with Crippen molar-refractivity contribution in [3.63, 3.8) is 0 Å². The van der Waals surface area contributed by atoms with Crippen molar-refractivity contribution in [3.8, 4) is 0 Å². The van der Waals surface area contributed by atoms with Crippen molar-refractivity contribution in [1.82, 2.24) is 10.2 Å². The second kappa shape index (κ2) is 8.32. The third kappa shape index (κ3) is 6.84. The van der Waals surface area contributed by atoms with Crippen LogP contribution in [-0.4, -0.2) is 42.9 Å². The van der Waals surface area contributed by atoms with E-state index in [0.29, 0.717) is 12.3 Å². The van der Waals surface area contributed by atoms with Gasteiger partial charge in [0.1, 0.15) is 0 Å². The molecule has 0 aliphatic rings. The van der Waals surface area contributed by atoms with Crippen molar-refractivity contribution in [3.05, 3.63) is 0 Å². The van der Waals surface area contributed by atoms with Gasteiger partial charge in [0.25, 0.3) is 0 Å². The van der Waals surface area contributed by atoms with Gasteiger partial charge in [-0.25, -0.2) is 0 Å². The highest BCUT2D eigenvalue weighted by Crippen LogP contribution is 1.86. The molecule has 3 nitrogen and oxygen atoms in total. The number of hydrogen-bond acceptors (Lipinski definition) is 2. The van der Waals surface area contributed by atoms with Gasteiger partial charge in [-0.1, -0.05) is 13.8 Å². The van der Waals surface area contributed by atoms with E-state index in [9.17, 15) is 4.79 Å². The number of hydrogen-bond donors (Lipinski definition) is 1. The lowest BCUT2D eigenvalue weighted by molar-refractivity contribution is -0.120. The Hall–Kier alpha value is -0.280. The van der Waals surface area contributed by atoms with Crippen molar-refractivity contribution < 1.29 is 4.79 Å². The highest BCUT2D eigenvalue weighted by molar-refractivity contribution is 6.18. The Labute approximate surface area is 85.4 Å². The number of nitrogens with zero attached hydrogens (tertiary/aromatic N) is 1. The predicted octanol–water partition coefficient (Wildman–Crippen LogP) is 1.07. The van der Waals surface area contributed by atoms with Gasteiger partial charge in [0.15, 0.2) is 0 Å². The average Bonchev–Trinajstić information content (AvgIpc) is 2.13. The smallest absolute Gasteiger partial charge is 0.221 e. The summed E-state index contributed by atoms with van der Waals surface area (Å²) in [5.74, 6) is 0.444. The van der Waals surface area contributed by atoms with E-state index in [2.05, 4.69) is 24.1 Å². The minimum Gasteiger partial charge on any atom is -0.355 e. The lowest BCUT2D eigenvalue weighted by Crippen LogP contribution is -2.34. The van der Waals surface area contributed by atoms with Gasteiger partial charge in [0.2, 0.25) is 5.91 Å². The fraction of sp³-hybridized carbons (Fsp3) is 0.889. The maximum atomic E-state index is 11.0. The van der Waals surface area contributed by atoms with Gasteiger partial charge >= 0.3 is 0 Å². The highest BCUT2D eigenvalue weighted by Gasteiger charge is 2.01. The van der Waals surface area contributed by atoms with E-state index < -0.39 is 0 Å². The van der Waals surface area contributed by atoms with E-state index in [1.54, 1.807) is 0 Å². The van der Waals surface area contributed by atoms with Crippen LogP contribution in [0.15, 0.2) is 0 Å². The Morgan fingerprint density at radius 2 is 2.00 bits per heavy atom. The lowest BCUT2D eigenvalue weighted by atomic mass is 10.4. The number of amides is 1. The molecule has 0 saturated heterocycles. The number of likely N-dealkylation sites (N-methyl/N-ethyl adjacent to an activating group) is 1. The van der Waals surface area contributed by atoms with E-state index in [4.69, 9.17) is 11.6 Å². The molecule has 4 heteroatoms. The molecule has 0 bridgehead atoms. The van der Waals surface area contributed by atoms with Crippen molar-refractivity contribution >= 4 is 17.5 Å². The zero-order valence-electron chi connectivity index (χ0n) is 8.48. The lowest BCUT2D eigenvalue weighted by Gasteiger charge is -2.17. The summed E-state index contributed by atoms with van der Waals surface area (Å²) >= 11 is 5.42. The normalized spacial score (nSPS) is 10.5. The summed E-state index contributed by atoms with van der Waals surface area (Å²) in [6.45, 7) is 7.93. The predicted molar refractivity (Wildman–Crippen MR) is 56.1 cm³/mol. The summed E-state index contributed by atoms with van der Waals surface area (Å²) in [5, 5.41) is 2.82. The first-order valence-corrected chi connectivity index (χ1v) is 5.33. The number of carbonyl (C=O) groups excluding carboxylic acids is 1. The summed E-state index contributed by atoms with van der Waals surface area (Å²) in [6, 6.07) is 0. The monoisotopic (exact) mass is 206 g/mol. The quantitative estimate of drug-likeness (QED) is 0.633. The third-order valence-electron chi connectivity index (χ3n) is 1.97. The molecule has 0 atom stereocenters. The SMILES string of the molecule is CCN(CC)CCNC(=O)CCCl. The van der Waals surface area contributed by atoms with Crippen LogP contribution in [0.2, 0.25) is 0 Å². The molecule has 0 aliphatic heterocycles. The Bertz CT molecular complexity index is 138. The van der Waals surface area contributed by atoms with Gasteiger partial charge in [-0.3, -0.25) is 4.79 Å². The molecular weight excluding hydrogens is 188 g/mol. The molecule has 0 unspecified atom stereocenters. The van der Waals surface area contributed by atoms with Gasteiger partial charge < -0.3 is 10.2 Å². The molecule has 0 aromatic carbocycles. The van der Waals surface area contributed by atoms with Crippen molar-refractivity contribution in [1.29, 1.82) is 0 Å². The zero-order valence-corrected chi connectivity index (χ0v) is 9.23. The first-order chi connectivity index (χ1) is 6.24. The Morgan fingerprint density at radius 3 is 2.46 bits per heavy atom. The Balaban J connectivity index is 3.37. The molecule has 0 aromatic rings. The average molecular weight is 207 g/mol. The fourth-order valence-electron chi connectivity index (χ4n) is 1.07. The largest absolute Gasteiger partial charge is 0.355 e. The Morgan fingerprint density at radius 1 is 1.38 bits per heavy atom. The van der Waals surface area contributed by atoms with E-state index in [-0.39, 0.29) is 5.91 Å². The first kappa shape index (κ1) is 12.7. The molecule has 0 aliphatic carbocycles. The summed E-state index contributed by atoms with van der Waals surface area (Å²) in [6.07, 6.45) is 0.416. The number of rotatable bonds is 7. The standard InChI is InChI=1S/C9H19ClN2O/c1-3-12(4-2)8-7-11-9(13)5-6-10/h3-8H2,1-2H3,(H,11,13). The van der Waals surface area contributed by atoms with Crippen LogP contribution in [0.4, 0.5) is 0 Å². The highest BCUT2D eigenvalue weighted by atomic mass is 35.5. The molecule has 0 rings (SSSR count). The molecule has 0 radical (unpaired) electrons. The van der Waals surface area contributed by atoms with Crippen molar-refractivity contribution in [2.24, 2.45) is 0 Å². The first-order valence-electron chi connectivity index (χ1n) is 4.79. The van der Waals surface area contributed by atoms with Crippen LogP contribution >= 0.6 is 11.6 Å². The van der Waals surface area contributed by atoms with Gasteiger partial charge in [-0.15, -0.1) is 11.6 Å².